The van der Waals surface area contributed by atoms with Gasteiger partial charge in [-0.15, -0.1) is 6.58 Å². The number of hydrogen-bond donors (Lipinski definition) is 0. The van der Waals surface area contributed by atoms with Crippen molar-refractivity contribution in [3.8, 4) is 0 Å². The summed E-state index contributed by atoms with van der Waals surface area (Å²) in [6, 6.07) is 0. The summed E-state index contributed by atoms with van der Waals surface area (Å²) in [4.78, 5) is 0. The van der Waals surface area contributed by atoms with Gasteiger partial charge in [0.25, 0.3) is 0 Å². The van der Waals surface area contributed by atoms with Crippen LogP contribution in [0.4, 0.5) is 0 Å². The molecule has 3 heteroatoms. The van der Waals surface area contributed by atoms with Crippen LogP contribution in [0, 0.1) is 0 Å². The SMILES string of the molecule is C=CC(CCCC)OC(CI)OCCCC. The average molecular weight is 340 g/mol. The van der Waals surface area contributed by atoms with E-state index in [1.807, 2.05) is 6.08 Å². The smallest absolute Gasteiger partial charge is 0.167 e. The molecule has 16 heavy (non-hydrogen) atoms. The molecule has 0 bridgehead atoms. The van der Waals surface area contributed by atoms with Crippen LogP contribution in [0.3, 0.4) is 0 Å². The maximum atomic E-state index is 5.85. The summed E-state index contributed by atoms with van der Waals surface area (Å²) < 4.78 is 12.4. The lowest BCUT2D eigenvalue weighted by Crippen LogP contribution is -2.25. The summed E-state index contributed by atoms with van der Waals surface area (Å²) in [6.07, 6.45) is 7.63. The highest BCUT2D eigenvalue weighted by atomic mass is 127. The molecule has 2 nitrogen and oxygen atoms in total. The fraction of sp³-hybridized carbons (Fsp3) is 0.846. The third kappa shape index (κ3) is 8.53. The van der Waals surface area contributed by atoms with Crippen molar-refractivity contribution in [2.45, 2.75) is 58.3 Å². The van der Waals surface area contributed by atoms with Crippen molar-refractivity contribution in [2.24, 2.45) is 0 Å². The van der Waals surface area contributed by atoms with Gasteiger partial charge in [-0.05, 0) is 12.8 Å². The first-order valence-electron chi connectivity index (χ1n) is 6.24. The lowest BCUT2D eigenvalue weighted by Gasteiger charge is -2.21. The molecule has 0 aromatic rings. The monoisotopic (exact) mass is 340 g/mol. The van der Waals surface area contributed by atoms with Gasteiger partial charge in [-0.2, -0.15) is 0 Å². The molecule has 96 valence electrons. The third-order valence-electron chi connectivity index (χ3n) is 2.36. The molecular weight excluding hydrogens is 315 g/mol. The van der Waals surface area contributed by atoms with Gasteiger partial charge in [-0.3, -0.25) is 0 Å². The second-order valence-corrected chi connectivity index (χ2v) is 4.74. The Morgan fingerprint density at radius 2 is 1.94 bits per heavy atom. The zero-order valence-electron chi connectivity index (χ0n) is 10.6. The lowest BCUT2D eigenvalue weighted by atomic mass is 10.1. The molecule has 0 heterocycles. The zero-order valence-corrected chi connectivity index (χ0v) is 12.7. The Balaban J connectivity index is 3.81. The minimum absolute atomic E-state index is 0.0768. The average Bonchev–Trinajstić information content (AvgIpc) is 2.32. The Hall–Kier alpha value is 0.390. The molecule has 0 aliphatic rings. The maximum absolute atomic E-state index is 5.85. The van der Waals surface area contributed by atoms with Gasteiger partial charge >= 0.3 is 0 Å². The molecule has 0 aliphatic heterocycles. The summed E-state index contributed by atoms with van der Waals surface area (Å²) >= 11 is 2.30. The van der Waals surface area contributed by atoms with Gasteiger partial charge in [0.1, 0.15) is 0 Å². The predicted octanol–water partition coefficient (Wildman–Crippen LogP) is 4.33. The first-order chi connectivity index (χ1) is 7.78. The number of ether oxygens (including phenoxy) is 2. The van der Waals surface area contributed by atoms with Crippen molar-refractivity contribution in [2.75, 3.05) is 11.0 Å². The summed E-state index contributed by atoms with van der Waals surface area (Å²) in [6.45, 7) is 8.96. The highest BCUT2D eigenvalue weighted by Gasteiger charge is 2.13. The largest absolute Gasteiger partial charge is 0.352 e. The Labute approximate surface area is 114 Å². The van der Waals surface area contributed by atoms with Crippen LogP contribution in [0.15, 0.2) is 12.7 Å². The molecule has 0 radical (unpaired) electrons. The van der Waals surface area contributed by atoms with E-state index in [1.54, 1.807) is 0 Å². The van der Waals surface area contributed by atoms with E-state index in [1.165, 1.54) is 12.8 Å². The highest BCUT2D eigenvalue weighted by molar-refractivity contribution is 14.1. The summed E-state index contributed by atoms with van der Waals surface area (Å²) in [7, 11) is 0. The van der Waals surface area contributed by atoms with Gasteiger partial charge in [0.05, 0.1) is 10.5 Å². The van der Waals surface area contributed by atoms with Gasteiger partial charge in [0.15, 0.2) is 6.29 Å². The van der Waals surface area contributed by atoms with Crippen molar-refractivity contribution in [3.05, 3.63) is 12.7 Å². The Morgan fingerprint density at radius 1 is 1.25 bits per heavy atom. The van der Waals surface area contributed by atoms with Gasteiger partial charge in [0.2, 0.25) is 0 Å². The van der Waals surface area contributed by atoms with Crippen LogP contribution in [-0.4, -0.2) is 23.4 Å². The highest BCUT2D eigenvalue weighted by Crippen LogP contribution is 2.11. The Morgan fingerprint density at radius 3 is 2.44 bits per heavy atom. The predicted molar refractivity (Wildman–Crippen MR) is 78.1 cm³/mol. The summed E-state index contributed by atoms with van der Waals surface area (Å²) in [5, 5.41) is 0. The molecule has 0 fully saturated rings. The number of hydrogen-bond acceptors (Lipinski definition) is 2. The van der Waals surface area contributed by atoms with Crippen molar-refractivity contribution >= 4 is 22.6 Å². The first-order valence-corrected chi connectivity index (χ1v) is 7.76. The van der Waals surface area contributed by atoms with Gasteiger partial charge in [-0.25, -0.2) is 0 Å². The van der Waals surface area contributed by atoms with Crippen LogP contribution in [0.2, 0.25) is 0 Å². The standard InChI is InChI=1S/C13H25IO2/c1-4-7-9-12(6-3)16-13(11-14)15-10-8-5-2/h6,12-13H,3-5,7-11H2,1-2H3. The van der Waals surface area contributed by atoms with Crippen LogP contribution in [-0.2, 0) is 9.47 Å². The first kappa shape index (κ1) is 16.4. The normalized spacial score (nSPS) is 14.7. The molecule has 0 N–H and O–H groups in total. The van der Waals surface area contributed by atoms with Crippen LogP contribution < -0.4 is 0 Å². The van der Waals surface area contributed by atoms with Gasteiger partial charge in [-0.1, -0.05) is 61.8 Å². The number of rotatable bonds is 11. The van der Waals surface area contributed by atoms with Crippen molar-refractivity contribution in [1.82, 2.24) is 0 Å². The van der Waals surface area contributed by atoms with E-state index in [4.69, 9.17) is 9.47 Å². The molecule has 2 atom stereocenters. The zero-order chi connectivity index (χ0) is 12.2. The van der Waals surface area contributed by atoms with Crippen LogP contribution >= 0.6 is 22.6 Å². The molecule has 0 aromatic heterocycles. The van der Waals surface area contributed by atoms with Crippen LogP contribution in [0.25, 0.3) is 0 Å². The van der Waals surface area contributed by atoms with Crippen molar-refractivity contribution in [1.29, 1.82) is 0 Å². The van der Waals surface area contributed by atoms with E-state index < -0.39 is 0 Å². The minimum Gasteiger partial charge on any atom is -0.352 e. The van der Waals surface area contributed by atoms with Crippen molar-refractivity contribution in [3.63, 3.8) is 0 Å². The Bertz CT molecular complexity index is 162. The second-order valence-electron chi connectivity index (χ2n) is 3.86. The van der Waals surface area contributed by atoms with Crippen LogP contribution in [0.5, 0.6) is 0 Å². The topological polar surface area (TPSA) is 18.5 Å². The maximum Gasteiger partial charge on any atom is 0.167 e. The summed E-state index contributed by atoms with van der Waals surface area (Å²) in [5.41, 5.74) is 0. The molecule has 0 aliphatic carbocycles. The molecule has 0 spiro atoms. The Kier molecular flexibility index (Phi) is 12.2. The minimum atomic E-state index is -0.0768. The van der Waals surface area contributed by atoms with E-state index in [2.05, 4.69) is 43.0 Å². The fourth-order valence-electron chi connectivity index (χ4n) is 1.32. The number of unbranched alkanes of at least 4 members (excludes halogenated alkanes) is 2. The van der Waals surface area contributed by atoms with E-state index in [0.717, 1.165) is 30.3 Å². The fourth-order valence-corrected chi connectivity index (χ4v) is 1.78. The molecule has 0 saturated heterocycles. The van der Waals surface area contributed by atoms with Crippen molar-refractivity contribution < 1.29 is 9.47 Å². The second kappa shape index (κ2) is 11.9. The van der Waals surface area contributed by atoms with E-state index >= 15 is 0 Å². The molecular formula is C13H25IO2. The lowest BCUT2D eigenvalue weighted by molar-refractivity contribution is -0.145. The molecule has 2 unspecified atom stereocenters. The van der Waals surface area contributed by atoms with E-state index in [-0.39, 0.29) is 12.4 Å². The van der Waals surface area contributed by atoms with E-state index in [9.17, 15) is 0 Å². The number of halogens is 1. The van der Waals surface area contributed by atoms with E-state index in [0.29, 0.717) is 0 Å². The van der Waals surface area contributed by atoms with Gasteiger partial charge < -0.3 is 9.47 Å². The number of alkyl halides is 1. The molecule has 0 rings (SSSR count). The van der Waals surface area contributed by atoms with Crippen LogP contribution in [0.1, 0.15) is 46.0 Å². The van der Waals surface area contributed by atoms with Gasteiger partial charge in [0, 0.05) is 6.61 Å². The molecule has 0 amide bonds. The quantitative estimate of drug-likeness (QED) is 0.183. The third-order valence-corrected chi connectivity index (χ3v) is 3.08. The molecule has 0 saturated carbocycles. The summed E-state index contributed by atoms with van der Waals surface area (Å²) in [5.74, 6) is 0. The molecule has 0 aromatic carbocycles.